The minimum absolute atomic E-state index is 0.0117. The van der Waals surface area contributed by atoms with Gasteiger partial charge in [-0.3, -0.25) is 9.36 Å². The fourth-order valence-electron chi connectivity index (χ4n) is 3.81. The van der Waals surface area contributed by atoms with Crippen molar-refractivity contribution in [3.05, 3.63) is 88.7 Å². The largest absolute Gasteiger partial charge is 0.416 e. The Hall–Kier alpha value is -4.03. The van der Waals surface area contributed by atoms with E-state index in [-0.39, 0.29) is 23.3 Å². The number of aryl methyl sites for hydroxylation is 1. The lowest BCUT2D eigenvalue weighted by atomic mass is 10.0. The number of amides is 1. The van der Waals surface area contributed by atoms with Crippen LogP contribution >= 0.6 is 0 Å². The second-order valence-corrected chi connectivity index (χ2v) is 8.44. The number of nitrogens with one attached hydrogen (secondary N) is 1. The molecule has 1 amide bonds. The van der Waals surface area contributed by atoms with Gasteiger partial charge in [-0.05, 0) is 67.1 Å². The number of benzene rings is 3. The molecule has 0 radical (unpaired) electrons. The van der Waals surface area contributed by atoms with Crippen molar-refractivity contribution in [3.8, 4) is 5.69 Å². The molecule has 0 atom stereocenters. The molecular weight excluding hydrogens is 529 g/mol. The van der Waals surface area contributed by atoms with Crippen LogP contribution in [0.2, 0.25) is 0 Å². The molecule has 38 heavy (non-hydrogen) atoms. The molecule has 4 rings (SSSR count). The molecule has 0 unspecified atom stereocenters. The van der Waals surface area contributed by atoms with Crippen molar-refractivity contribution in [2.45, 2.75) is 31.9 Å². The molecule has 3 aromatic carbocycles. The molecule has 4 aromatic rings. The summed E-state index contributed by atoms with van der Waals surface area (Å²) in [6, 6.07) is 10.6. The van der Waals surface area contributed by atoms with Gasteiger partial charge in [0.25, 0.3) is 5.91 Å². The number of fused-ring (bicyclic) bond motifs is 1. The van der Waals surface area contributed by atoms with Gasteiger partial charge in [-0.15, -0.1) is 0 Å². The third-order valence-electron chi connectivity index (χ3n) is 5.47. The summed E-state index contributed by atoms with van der Waals surface area (Å²) < 4.78 is 119. The van der Waals surface area contributed by atoms with Crippen LogP contribution < -0.4 is 5.32 Å². The number of hydrogen-bond donors (Lipinski definition) is 1. The molecule has 1 N–H and O–H groups in total. The van der Waals surface area contributed by atoms with Crippen LogP contribution in [0.5, 0.6) is 0 Å². The van der Waals surface area contributed by atoms with Gasteiger partial charge in [-0.2, -0.15) is 39.5 Å². The van der Waals surface area contributed by atoms with Crippen LogP contribution in [0.4, 0.5) is 45.2 Å². The first-order chi connectivity index (χ1) is 17.5. The number of rotatable bonds is 4. The Labute approximate surface area is 208 Å². The summed E-state index contributed by atoms with van der Waals surface area (Å²) in [5.74, 6) is -1.53. The van der Waals surface area contributed by atoms with Gasteiger partial charge in [0.1, 0.15) is 12.2 Å². The normalized spacial score (nSPS) is 12.7. The maximum atomic E-state index is 13.2. The molecule has 0 spiro atoms. The molecule has 1 heterocycles. The van der Waals surface area contributed by atoms with E-state index in [9.17, 15) is 44.3 Å². The number of carbonyl (C=O) groups is 1. The van der Waals surface area contributed by atoms with E-state index in [1.165, 1.54) is 28.8 Å². The van der Waals surface area contributed by atoms with E-state index in [1.807, 2.05) is 0 Å². The Bertz CT molecular complexity index is 1470. The van der Waals surface area contributed by atoms with E-state index in [0.717, 1.165) is 5.56 Å². The first kappa shape index (κ1) is 27.0. The van der Waals surface area contributed by atoms with Gasteiger partial charge in [-0.25, -0.2) is 4.98 Å². The zero-order valence-electron chi connectivity index (χ0n) is 19.2. The number of alkyl halides is 9. The lowest BCUT2D eigenvalue weighted by Gasteiger charge is -2.15. The van der Waals surface area contributed by atoms with Gasteiger partial charge in [0.15, 0.2) is 0 Å². The average molecular weight is 545 g/mol. The van der Waals surface area contributed by atoms with E-state index in [1.54, 1.807) is 25.1 Å². The summed E-state index contributed by atoms with van der Waals surface area (Å²) in [6.45, 7) is 1.75. The zero-order valence-corrected chi connectivity index (χ0v) is 19.2. The van der Waals surface area contributed by atoms with E-state index in [2.05, 4.69) is 10.3 Å². The van der Waals surface area contributed by atoms with Crippen molar-refractivity contribution in [2.24, 2.45) is 0 Å². The van der Waals surface area contributed by atoms with E-state index >= 15 is 0 Å². The molecule has 1 aromatic heterocycles. The molecular formula is C25H16F9N3O. The minimum Gasteiger partial charge on any atom is -0.322 e. The number of carbonyl (C=O) groups excluding carboxylic acids is 1. The maximum Gasteiger partial charge on any atom is 0.416 e. The quantitative estimate of drug-likeness (QED) is 0.267. The molecule has 200 valence electrons. The summed E-state index contributed by atoms with van der Waals surface area (Å²) in [5, 5.41) is 2.21. The summed E-state index contributed by atoms with van der Waals surface area (Å²) in [5.41, 5.74) is -2.45. The first-order valence-electron chi connectivity index (χ1n) is 10.8. The highest BCUT2D eigenvalue weighted by Gasteiger charge is 2.37. The third-order valence-corrected chi connectivity index (χ3v) is 5.47. The van der Waals surface area contributed by atoms with Crippen LogP contribution in [0.3, 0.4) is 0 Å². The van der Waals surface area contributed by atoms with Crippen LogP contribution in [0.1, 0.15) is 32.9 Å². The smallest absolute Gasteiger partial charge is 0.322 e. The lowest BCUT2D eigenvalue weighted by molar-refractivity contribution is -0.143. The summed E-state index contributed by atoms with van der Waals surface area (Å²) >= 11 is 0. The van der Waals surface area contributed by atoms with Gasteiger partial charge in [0.05, 0.1) is 22.2 Å². The molecule has 0 bridgehead atoms. The highest BCUT2D eigenvalue weighted by atomic mass is 19.4. The van der Waals surface area contributed by atoms with Crippen molar-refractivity contribution in [1.82, 2.24) is 9.55 Å². The second-order valence-electron chi connectivity index (χ2n) is 8.44. The van der Waals surface area contributed by atoms with E-state index in [4.69, 9.17) is 0 Å². The highest BCUT2D eigenvalue weighted by molar-refractivity contribution is 6.04. The Morgan fingerprint density at radius 1 is 0.816 bits per heavy atom. The number of aromatic nitrogens is 2. The van der Waals surface area contributed by atoms with Gasteiger partial charge in [-0.1, -0.05) is 6.07 Å². The lowest BCUT2D eigenvalue weighted by Crippen LogP contribution is -2.17. The van der Waals surface area contributed by atoms with Crippen molar-refractivity contribution in [1.29, 1.82) is 0 Å². The van der Waals surface area contributed by atoms with Crippen LogP contribution in [0, 0.1) is 6.92 Å². The Balaban J connectivity index is 1.67. The second kappa shape index (κ2) is 9.37. The van der Waals surface area contributed by atoms with E-state index < -0.39 is 47.5 Å². The predicted molar refractivity (Wildman–Crippen MR) is 120 cm³/mol. The van der Waals surface area contributed by atoms with Gasteiger partial charge >= 0.3 is 18.5 Å². The van der Waals surface area contributed by atoms with Gasteiger partial charge in [0, 0.05) is 16.9 Å². The first-order valence-corrected chi connectivity index (χ1v) is 10.8. The molecule has 0 aliphatic carbocycles. The Morgan fingerprint density at radius 3 is 1.92 bits per heavy atom. The third kappa shape index (κ3) is 5.92. The summed E-state index contributed by atoms with van der Waals surface area (Å²) in [7, 11) is 0. The highest BCUT2D eigenvalue weighted by Crippen LogP contribution is 2.36. The van der Waals surface area contributed by atoms with E-state index in [0.29, 0.717) is 23.2 Å². The average Bonchev–Trinajstić information content (AvgIpc) is 3.13. The molecule has 0 aliphatic heterocycles. The SMILES string of the molecule is Cc1ccc2c(c1)nc(CC(F)(F)F)n2-c1ccc(NC(=O)c2cc(C(F)(F)F)cc(C(F)(F)F)c2)cc1. The molecule has 0 fully saturated rings. The molecule has 4 nitrogen and oxygen atoms in total. The van der Waals surface area contributed by atoms with Gasteiger partial charge in [0.2, 0.25) is 0 Å². The summed E-state index contributed by atoms with van der Waals surface area (Å²) in [6.07, 6.45) is -16.1. The number of anilines is 1. The molecule has 0 aliphatic rings. The minimum atomic E-state index is -5.13. The molecule has 13 heteroatoms. The monoisotopic (exact) mass is 545 g/mol. The fourth-order valence-corrected chi connectivity index (χ4v) is 3.81. The standard InChI is InChI=1S/C25H16F9N3O/c1-13-2-7-20-19(8-13)36-21(12-23(26,27)28)37(20)18-5-3-17(4-6-18)35-22(38)14-9-15(24(29,30)31)11-16(10-14)25(32,33)34/h2-11H,12H2,1H3,(H,35,38). The molecule has 0 saturated heterocycles. The number of imidazole rings is 1. The van der Waals surface area contributed by atoms with Crippen LogP contribution in [-0.4, -0.2) is 21.6 Å². The number of halogens is 9. The zero-order chi connectivity index (χ0) is 28.0. The van der Waals surface area contributed by atoms with Crippen LogP contribution in [-0.2, 0) is 18.8 Å². The van der Waals surface area contributed by atoms with Crippen molar-refractivity contribution >= 4 is 22.6 Å². The van der Waals surface area contributed by atoms with Crippen molar-refractivity contribution in [3.63, 3.8) is 0 Å². The fraction of sp³-hybridized carbons (Fsp3) is 0.200. The number of hydrogen-bond acceptors (Lipinski definition) is 2. The van der Waals surface area contributed by atoms with Gasteiger partial charge < -0.3 is 5.32 Å². The Morgan fingerprint density at radius 2 is 1.39 bits per heavy atom. The summed E-state index contributed by atoms with van der Waals surface area (Å²) in [4.78, 5) is 16.6. The predicted octanol–water partition coefficient (Wildman–Crippen LogP) is 7.73. The van der Waals surface area contributed by atoms with Crippen molar-refractivity contribution in [2.75, 3.05) is 5.32 Å². The number of nitrogens with zero attached hydrogens (tertiary/aromatic N) is 2. The topological polar surface area (TPSA) is 46.9 Å². The molecule has 0 saturated carbocycles. The van der Waals surface area contributed by atoms with Crippen LogP contribution in [0.15, 0.2) is 60.7 Å². The maximum absolute atomic E-state index is 13.2. The van der Waals surface area contributed by atoms with Crippen LogP contribution in [0.25, 0.3) is 16.7 Å². The van der Waals surface area contributed by atoms with Crippen molar-refractivity contribution < 1.29 is 44.3 Å². The Kier molecular flexibility index (Phi) is 6.66.